The molecule has 0 saturated carbocycles. The first-order chi connectivity index (χ1) is 8.74. The van der Waals surface area contributed by atoms with Crippen molar-refractivity contribution < 1.29 is 13.9 Å². The highest BCUT2D eigenvalue weighted by molar-refractivity contribution is 5.55. The van der Waals surface area contributed by atoms with Crippen molar-refractivity contribution in [3.05, 3.63) is 36.4 Å². The van der Waals surface area contributed by atoms with Crippen molar-refractivity contribution in [2.24, 2.45) is 5.84 Å². The number of methoxy groups -OCH3 is 1. The molecule has 0 spiro atoms. The van der Waals surface area contributed by atoms with Crippen LogP contribution in [0.25, 0.3) is 0 Å². The molecule has 0 radical (unpaired) electrons. The Morgan fingerprint density at radius 2 is 1.94 bits per heavy atom. The average molecular weight is 250 g/mol. The van der Waals surface area contributed by atoms with E-state index in [1.54, 1.807) is 0 Å². The zero-order valence-electron chi connectivity index (χ0n) is 9.55. The molecule has 0 amide bonds. The first-order valence-corrected chi connectivity index (χ1v) is 5.03. The number of halogens is 1. The highest BCUT2D eigenvalue weighted by atomic mass is 19.1. The molecule has 0 fully saturated rings. The van der Waals surface area contributed by atoms with E-state index in [4.69, 9.17) is 15.3 Å². The number of benzene rings is 1. The van der Waals surface area contributed by atoms with Gasteiger partial charge in [-0.3, -0.25) is 0 Å². The van der Waals surface area contributed by atoms with Crippen LogP contribution in [0.3, 0.4) is 0 Å². The summed E-state index contributed by atoms with van der Waals surface area (Å²) in [6, 6.07) is 5.52. The van der Waals surface area contributed by atoms with E-state index in [0.717, 1.165) is 0 Å². The lowest BCUT2D eigenvalue weighted by Crippen LogP contribution is -2.10. The van der Waals surface area contributed by atoms with Crippen LogP contribution in [0.2, 0.25) is 0 Å². The molecular formula is C11H11FN4O2. The monoisotopic (exact) mass is 250 g/mol. The number of aromatic nitrogens is 2. The molecule has 6 nitrogen and oxygen atoms in total. The third kappa shape index (κ3) is 2.46. The van der Waals surface area contributed by atoms with Crippen LogP contribution in [-0.2, 0) is 0 Å². The Morgan fingerprint density at radius 3 is 2.56 bits per heavy atom. The molecule has 3 N–H and O–H groups in total. The van der Waals surface area contributed by atoms with Gasteiger partial charge in [-0.15, -0.1) is 0 Å². The van der Waals surface area contributed by atoms with E-state index in [2.05, 4.69) is 15.4 Å². The summed E-state index contributed by atoms with van der Waals surface area (Å²) in [7, 11) is 1.44. The summed E-state index contributed by atoms with van der Waals surface area (Å²) in [5.74, 6) is 6.12. The minimum Gasteiger partial charge on any atom is -0.489 e. The molecule has 1 aromatic carbocycles. The standard InChI is InChI=1S/C11H11FN4O2/c1-17-9-10(16-13)14-6-15-11(9)18-8-4-2-7(12)3-5-8/h2-6H,13H2,1H3,(H,14,15,16). The van der Waals surface area contributed by atoms with Crippen molar-refractivity contribution in [2.45, 2.75) is 0 Å². The van der Waals surface area contributed by atoms with E-state index >= 15 is 0 Å². The number of nitrogens with two attached hydrogens (primary N) is 1. The first kappa shape index (κ1) is 12.1. The molecule has 0 aliphatic rings. The van der Waals surface area contributed by atoms with E-state index in [1.165, 1.54) is 37.7 Å². The number of anilines is 1. The molecule has 94 valence electrons. The van der Waals surface area contributed by atoms with E-state index in [-0.39, 0.29) is 17.4 Å². The highest BCUT2D eigenvalue weighted by Crippen LogP contribution is 2.33. The van der Waals surface area contributed by atoms with Crippen molar-refractivity contribution in [1.82, 2.24) is 9.97 Å². The summed E-state index contributed by atoms with van der Waals surface area (Å²) >= 11 is 0. The van der Waals surface area contributed by atoms with Gasteiger partial charge in [0.05, 0.1) is 7.11 Å². The van der Waals surface area contributed by atoms with Crippen molar-refractivity contribution in [3.8, 4) is 17.4 Å². The molecule has 0 aliphatic carbocycles. The number of hydrazine groups is 1. The lowest BCUT2D eigenvalue weighted by atomic mass is 10.3. The van der Waals surface area contributed by atoms with E-state index < -0.39 is 0 Å². The second kappa shape index (κ2) is 5.28. The molecule has 2 rings (SSSR count). The van der Waals surface area contributed by atoms with Crippen molar-refractivity contribution in [2.75, 3.05) is 12.5 Å². The molecule has 1 aromatic heterocycles. The summed E-state index contributed by atoms with van der Waals surface area (Å²) in [4.78, 5) is 7.80. The summed E-state index contributed by atoms with van der Waals surface area (Å²) in [5.41, 5.74) is 2.37. The predicted molar refractivity (Wildman–Crippen MR) is 62.9 cm³/mol. The maximum Gasteiger partial charge on any atom is 0.268 e. The molecule has 7 heteroatoms. The fourth-order valence-electron chi connectivity index (χ4n) is 1.33. The Kier molecular flexibility index (Phi) is 3.54. The maximum absolute atomic E-state index is 12.8. The lowest BCUT2D eigenvalue weighted by Gasteiger charge is -2.11. The number of hydrogen-bond donors (Lipinski definition) is 2. The molecule has 0 aliphatic heterocycles. The number of nitrogens with zero attached hydrogens (tertiary/aromatic N) is 2. The third-order valence-corrected chi connectivity index (χ3v) is 2.14. The summed E-state index contributed by atoms with van der Waals surface area (Å²) in [6.45, 7) is 0. The number of nitrogens with one attached hydrogen (secondary N) is 1. The van der Waals surface area contributed by atoms with Crippen LogP contribution in [0.5, 0.6) is 17.4 Å². The highest BCUT2D eigenvalue weighted by Gasteiger charge is 2.13. The average Bonchev–Trinajstić information content (AvgIpc) is 2.41. The van der Waals surface area contributed by atoms with Gasteiger partial charge >= 0.3 is 0 Å². The Hall–Kier alpha value is -2.41. The van der Waals surface area contributed by atoms with Crippen LogP contribution in [0.15, 0.2) is 30.6 Å². The summed E-state index contributed by atoms with van der Waals surface area (Å²) in [6.07, 6.45) is 1.27. The molecule has 0 unspecified atom stereocenters. The van der Waals surface area contributed by atoms with Crippen LogP contribution < -0.4 is 20.7 Å². The van der Waals surface area contributed by atoms with Gasteiger partial charge in [0.2, 0.25) is 5.75 Å². The molecule has 2 aromatic rings. The first-order valence-electron chi connectivity index (χ1n) is 5.03. The smallest absolute Gasteiger partial charge is 0.268 e. The zero-order valence-corrected chi connectivity index (χ0v) is 9.55. The second-order valence-electron chi connectivity index (χ2n) is 3.26. The van der Waals surface area contributed by atoms with Crippen LogP contribution in [0.1, 0.15) is 0 Å². The van der Waals surface area contributed by atoms with Crippen molar-refractivity contribution in [3.63, 3.8) is 0 Å². The molecule has 0 atom stereocenters. The number of ether oxygens (including phenoxy) is 2. The molecule has 18 heavy (non-hydrogen) atoms. The Bertz CT molecular complexity index is 533. The van der Waals surface area contributed by atoms with E-state index in [1.807, 2.05) is 0 Å². The van der Waals surface area contributed by atoms with Gasteiger partial charge in [0.1, 0.15) is 17.9 Å². The van der Waals surface area contributed by atoms with Gasteiger partial charge < -0.3 is 14.9 Å². The molecule has 0 saturated heterocycles. The van der Waals surface area contributed by atoms with Crippen LogP contribution in [-0.4, -0.2) is 17.1 Å². The quantitative estimate of drug-likeness (QED) is 0.635. The van der Waals surface area contributed by atoms with Crippen LogP contribution in [0, 0.1) is 5.82 Å². The SMILES string of the molecule is COc1c(NN)ncnc1Oc1ccc(F)cc1. The van der Waals surface area contributed by atoms with Gasteiger partial charge in [-0.25, -0.2) is 15.2 Å². The van der Waals surface area contributed by atoms with Gasteiger partial charge in [-0.05, 0) is 24.3 Å². The Labute approximate surface area is 103 Å². The van der Waals surface area contributed by atoms with Crippen molar-refractivity contribution >= 4 is 5.82 Å². The molecule has 1 heterocycles. The summed E-state index contributed by atoms with van der Waals surface area (Å²) < 4.78 is 23.3. The van der Waals surface area contributed by atoms with Gasteiger partial charge in [-0.2, -0.15) is 4.98 Å². The lowest BCUT2D eigenvalue weighted by molar-refractivity contribution is 0.369. The minimum absolute atomic E-state index is 0.187. The largest absolute Gasteiger partial charge is 0.489 e. The number of rotatable bonds is 4. The van der Waals surface area contributed by atoms with Gasteiger partial charge in [-0.1, -0.05) is 0 Å². The zero-order chi connectivity index (χ0) is 13.0. The topological polar surface area (TPSA) is 82.3 Å². The van der Waals surface area contributed by atoms with Crippen LogP contribution in [0.4, 0.5) is 10.2 Å². The van der Waals surface area contributed by atoms with E-state index in [9.17, 15) is 4.39 Å². The normalized spacial score (nSPS) is 9.94. The van der Waals surface area contributed by atoms with Crippen LogP contribution >= 0.6 is 0 Å². The Morgan fingerprint density at radius 1 is 1.22 bits per heavy atom. The van der Waals surface area contributed by atoms with Gasteiger partial charge in [0.25, 0.3) is 5.88 Å². The Balaban J connectivity index is 2.31. The number of nitrogen functional groups attached to an aromatic ring is 1. The molecular weight excluding hydrogens is 239 g/mol. The second-order valence-corrected chi connectivity index (χ2v) is 3.26. The minimum atomic E-state index is -0.346. The van der Waals surface area contributed by atoms with Crippen molar-refractivity contribution in [1.29, 1.82) is 0 Å². The molecule has 0 bridgehead atoms. The summed E-state index contributed by atoms with van der Waals surface area (Å²) in [5, 5.41) is 0. The van der Waals surface area contributed by atoms with Gasteiger partial charge in [0, 0.05) is 0 Å². The number of hydrogen-bond acceptors (Lipinski definition) is 6. The van der Waals surface area contributed by atoms with Gasteiger partial charge in [0.15, 0.2) is 5.82 Å². The fourth-order valence-corrected chi connectivity index (χ4v) is 1.33. The predicted octanol–water partition coefficient (Wildman–Crippen LogP) is 1.70. The van der Waals surface area contributed by atoms with E-state index in [0.29, 0.717) is 11.6 Å². The maximum atomic E-state index is 12.8. The fraction of sp³-hybridized carbons (Fsp3) is 0.0909. The third-order valence-electron chi connectivity index (χ3n) is 2.14.